The Morgan fingerprint density at radius 1 is 1.43 bits per heavy atom. The van der Waals surface area contributed by atoms with Crippen LogP contribution < -0.4 is 15.8 Å². The first-order valence-corrected chi connectivity index (χ1v) is 8.06. The molecule has 1 aliphatic carbocycles. The zero-order valence-corrected chi connectivity index (χ0v) is 14.7. The summed E-state index contributed by atoms with van der Waals surface area (Å²) in [6, 6.07) is 5.48. The summed E-state index contributed by atoms with van der Waals surface area (Å²) in [5, 5.41) is 3.45. The Labute approximate surface area is 147 Å². The van der Waals surface area contributed by atoms with Crippen LogP contribution in [0.15, 0.2) is 18.2 Å². The molecule has 0 aromatic heterocycles. The molecule has 3 rings (SSSR count). The number of carbonyl (C=O) groups excluding carboxylic acids is 1. The lowest BCUT2D eigenvalue weighted by molar-refractivity contribution is -0.117. The van der Waals surface area contributed by atoms with E-state index in [0.29, 0.717) is 40.9 Å². The normalized spacial score (nSPS) is 26.5. The molecule has 0 radical (unpaired) electrons. The fraction of sp³-hybridized carbons (Fsp3) is 0.562. The number of nitrogens with zero attached hydrogens (tertiary/aromatic N) is 1. The molecule has 23 heavy (non-hydrogen) atoms. The van der Waals surface area contributed by atoms with E-state index in [1.165, 1.54) is 6.42 Å². The Morgan fingerprint density at radius 2 is 2.22 bits per heavy atom. The fourth-order valence-electron chi connectivity index (χ4n) is 3.70. The number of fused-ring (bicyclic) bond motifs is 1. The largest absolute Gasteiger partial charge is 0.495 e. The third kappa shape index (κ3) is 4.10. The van der Waals surface area contributed by atoms with Gasteiger partial charge in [-0.25, -0.2) is 0 Å². The standard InChI is InChI=1S/C16H22ClN3O2.ClH/c1-22-15-5-3-11(17)6-14(15)19-16(21)9-20-7-10-2-4-13(18)12(10)8-20;/h3,5-6,10,12-13H,2,4,7-9,18H2,1H3,(H,19,21);1H. The minimum atomic E-state index is -0.0471. The first kappa shape index (κ1) is 18.3. The predicted octanol–water partition coefficient (Wildman–Crippen LogP) is 2.38. The first-order valence-electron chi connectivity index (χ1n) is 7.68. The number of ether oxygens (including phenoxy) is 1. The van der Waals surface area contributed by atoms with E-state index in [4.69, 9.17) is 22.1 Å². The molecular formula is C16H23Cl2N3O2. The van der Waals surface area contributed by atoms with Crippen molar-refractivity contribution in [3.05, 3.63) is 23.2 Å². The number of anilines is 1. The van der Waals surface area contributed by atoms with Crippen molar-refractivity contribution in [2.45, 2.75) is 18.9 Å². The molecule has 1 aliphatic heterocycles. The van der Waals surface area contributed by atoms with Gasteiger partial charge in [0.25, 0.3) is 0 Å². The number of likely N-dealkylation sites (tertiary alicyclic amines) is 1. The molecule has 3 atom stereocenters. The highest BCUT2D eigenvalue weighted by atomic mass is 35.5. The summed E-state index contributed by atoms with van der Waals surface area (Å²) in [5.74, 6) is 1.77. The van der Waals surface area contributed by atoms with Crippen molar-refractivity contribution in [2.24, 2.45) is 17.6 Å². The highest BCUT2D eigenvalue weighted by Crippen LogP contribution is 2.37. The SMILES string of the molecule is COc1ccc(Cl)cc1NC(=O)CN1CC2CCC(N)C2C1.Cl. The van der Waals surface area contributed by atoms with E-state index in [9.17, 15) is 4.79 Å². The molecule has 2 fully saturated rings. The van der Waals surface area contributed by atoms with E-state index in [2.05, 4.69) is 10.2 Å². The third-order valence-corrected chi connectivity index (χ3v) is 5.03. The molecule has 1 aromatic carbocycles. The number of carbonyl (C=O) groups is 1. The van der Waals surface area contributed by atoms with Crippen LogP contribution in [-0.4, -0.2) is 43.6 Å². The van der Waals surface area contributed by atoms with Gasteiger partial charge in [-0.05, 0) is 42.9 Å². The monoisotopic (exact) mass is 359 g/mol. The number of hydrogen-bond acceptors (Lipinski definition) is 4. The second-order valence-corrected chi connectivity index (χ2v) is 6.69. The summed E-state index contributed by atoms with van der Waals surface area (Å²) in [6.45, 7) is 2.28. The number of nitrogens with two attached hydrogens (primary N) is 1. The van der Waals surface area contributed by atoms with E-state index in [-0.39, 0.29) is 18.3 Å². The van der Waals surface area contributed by atoms with Gasteiger partial charge in [0.1, 0.15) is 5.75 Å². The molecule has 128 valence electrons. The maximum Gasteiger partial charge on any atom is 0.238 e. The number of benzene rings is 1. The van der Waals surface area contributed by atoms with Gasteiger partial charge in [0.05, 0.1) is 19.3 Å². The van der Waals surface area contributed by atoms with E-state index in [1.54, 1.807) is 25.3 Å². The Balaban J connectivity index is 0.00000192. The highest BCUT2D eigenvalue weighted by Gasteiger charge is 2.41. The first-order chi connectivity index (χ1) is 10.6. The minimum Gasteiger partial charge on any atom is -0.495 e. The highest BCUT2D eigenvalue weighted by molar-refractivity contribution is 6.31. The van der Waals surface area contributed by atoms with Crippen LogP contribution in [0.4, 0.5) is 5.69 Å². The molecule has 5 nitrogen and oxygen atoms in total. The van der Waals surface area contributed by atoms with Crippen molar-refractivity contribution in [3.8, 4) is 5.75 Å². The summed E-state index contributed by atoms with van der Waals surface area (Å²) in [5.41, 5.74) is 6.74. The van der Waals surface area contributed by atoms with Crippen LogP contribution in [-0.2, 0) is 4.79 Å². The van der Waals surface area contributed by atoms with Crippen LogP contribution in [0.25, 0.3) is 0 Å². The van der Waals surface area contributed by atoms with Crippen LogP contribution >= 0.6 is 24.0 Å². The Bertz CT molecular complexity index is 570. The van der Waals surface area contributed by atoms with Gasteiger partial charge >= 0.3 is 0 Å². The average molecular weight is 360 g/mol. The lowest BCUT2D eigenvalue weighted by Gasteiger charge is -2.18. The van der Waals surface area contributed by atoms with Crippen LogP contribution in [0.2, 0.25) is 5.02 Å². The molecular weight excluding hydrogens is 337 g/mol. The smallest absolute Gasteiger partial charge is 0.238 e. The molecule has 1 aromatic rings. The maximum absolute atomic E-state index is 12.3. The zero-order chi connectivity index (χ0) is 15.7. The molecule has 3 unspecified atom stereocenters. The molecule has 1 saturated heterocycles. The second-order valence-electron chi connectivity index (χ2n) is 6.25. The quantitative estimate of drug-likeness (QED) is 0.865. The van der Waals surface area contributed by atoms with Crippen molar-refractivity contribution < 1.29 is 9.53 Å². The van der Waals surface area contributed by atoms with Crippen LogP contribution in [0, 0.1) is 11.8 Å². The molecule has 2 aliphatic rings. The summed E-state index contributed by atoms with van der Waals surface area (Å²) in [4.78, 5) is 14.5. The number of rotatable bonds is 4. The van der Waals surface area contributed by atoms with E-state index >= 15 is 0 Å². The van der Waals surface area contributed by atoms with Crippen molar-refractivity contribution in [2.75, 3.05) is 32.1 Å². The van der Waals surface area contributed by atoms with E-state index < -0.39 is 0 Å². The Kier molecular flexibility index (Phi) is 6.14. The van der Waals surface area contributed by atoms with Crippen molar-refractivity contribution in [3.63, 3.8) is 0 Å². The lowest BCUT2D eigenvalue weighted by Crippen LogP contribution is -2.34. The van der Waals surface area contributed by atoms with Crippen LogP contribution in [0.5, 0.6) is 5.75 Å². The molecule has 0 spiro atoms. The minimum absolute atomic E-state index is 0. The number of hydrogen-bond donors (Lipinski definition) is 2. The van der Waals surface area contributed by atoms with Crippen molar-refractivity contribution in [1.29, 1.82) is 0 Å². The fourth-order valence-corrected chi connectivity index (χ4v) is 3.87. The van der Waals surface area contributed by atoms with Crippen LogP contribution in [0.3, 0.4) is 0 Å². The van der Waals surface area contributed by atoms with Gasteiger partial charge in [0.15, 0.2) is 0 Å². The van der Waals surface area contributed by atoms with Gasteiger partial charge in [-0.2, -0.15) is 0 Å². The summed E-state index contributed by atoms with van der Waals surface area (Å²) < 4.78 is 5.24. The maximum atomic E-state index is 12.3. The lowest BCUT2D eigenvalue weighted by atomic mass is 9.98. The number of methoxy groups -OCH3 is 1. The second kappa shape index (κ2) is 7.71. The van der Waals surface area contributed by atoms with Crippen LogP contribution in [0.1, 0.15) is 12.8 Å². The Hall–Kier alpha value is -1.01. The van der Waals surface area contributed by atoms with Gasteiger partial charge in [0.2, 0.25) is 5.91 Å². The average Bonchev–Trinajstić information content (AvgIpc) is 3.01. The topological polar surface area (TPSA) is 67.6 Å². The molecule has 1 saturated carbocycles. The molecule has 1 amide bonds. The van der Waals surface area contributed by atoms with E-state index in [0.717, 1.165) is 19.5 Å². The van der Waals surface area contributed by atoms with Gasteiger partial charge in [-0.3, -0.25) is 9.69 Å². The van der Waals surface area contributed by atoms with E-state index in [1.807, 2.05) is 0 Å². The van der Waals surface area contributed by atoms with Gasteiger partial charge in [-0.15, -0.1) is 12.4 Å². The molecule has 1 heterocycles. The molecule has 0 bridgehead atoms. The van der Waals surface area contributed by atoms with Gasteiger partial charge in [-0.1, -0.05) is 11.6 Å². The summed E-state index contributed by atoms with van der Waals surface area (Å²) in [6.07, 6.45) is 2.31. The van der Waals surface area contributed by atoms with Gasteiger partial charge < -0.3 is 15.8 Å². The molecule has 3 N–H and O–H groups in total. The predicted molar refractivity (Wildman–Crippen MR) is 94.5 cm³/mol. The number of amides is 1. The number of halogens is 2. The third-order valence-electron chi connectivity index (χ3n) is 4.79. The summed E-state index contributed by atoms with van der Waals surface area (Å²) >= 11 is 5.98. The summed E-state index contributed by atoms with van der Waals surface area (Å²) in [7, 11) is 1.57. The number of nitrogens with one attached hydrogen (secondary N) is 1. The molecule has 7 heteroatoms. The van der Waals surface area contributed by atoms with Gasteiger partial charge in [0, 0.05) is 24.2 Å². The van der Waals surface area contributed by atoms with Crippen molar-refractivity contribution >= 4 is 35.6 Å². The zero-order valence-electron chi connectivity index (χ0n) is 13.1. The Morgan fingerprint density at radius 3 is 2.91 bits per heavy atom. The van der Waals surface area contributed by atoms with Crippen molar-refractivity contribution in [1.82, 2.24) is 4.90 Å².